The molecule has 0 aliphatic heterocycles. The van der Waals surface area contributed by atoms with Gasteiger partial charge in [-0.05, 0) is 23.1 Å². The summed E-state index contributed by atoms with van der Waals surface area (Å²) in [5, 5.41) is 0. The largest absolute Gasteiger partial charge is 0.422 e. The zero-order valence-corrected chi connectivity index (χ0v) is 13.6. The van der Waals surface area contributed by atoms with Gasteiger partial charge in [0.2, 0.25) is 0 Å². The van der Waals surface area contributed by atoms with E-state index in [1.165, 1.54) is 13.8 Å². The normalized spacial score (nSPS) is 12.8. The van der Waals surface area contributed by atoms with Crippen LogP contribution < -0.4 is 0 Å². The van der Waals surface area contributed by atoms with Crippen LogP contribution in [0.1, 0.15) is 36.5 Å². The highest BCUT2D eigenvalue weighted by atomic mass is 19.4. The first kappa shape index (κ1) is 21.0. The SMILES string of the molecule is CC(C)c1ccc(-c2c(F)c(F)c(C(F)(F)F)c(F)c2F)c(C(F)(F)F)c1. The second-order valence-corrected chi connectivity index (χ2v) is 5.96. The van der Waals surface area contributed by atoms with E-state index >= 15 is 0 Å². The van der Waals surface area contributed by atoms with Gasteiger partial charge < -0.3 is 0 Å². The Kier molecular flexibility index (Phi) is 5.24. The van der Waals surface area contributed by atoms with Crippen LogP contribution in [0.2, 0.25) is 0 Å². The molecule has 2 rings (SSSR count). The van der Waals surface area contributed by atoms with Gasteiger partial charge in [0.05, 0.1) is 11.1 Å². The van der Waals surface area contributed by atoms with Gasteiger partial charge in [-0.1, -0.05) is 26.0 Å². The van der Waals surface area contributed by atoms with E-state index in [1.54, 1.807) is 0 Å². The van der Waals surface area contributed by atoms with Crippen molar-refractivity contribution in [1.82, 2.24) is 0 Å². The summed E-state index contributed by atoms with van der Waals surface area (Å²) in [6.07, 6.45) is -11.0. The first-order valence-electron chi connectivity index (χ1n) is 7.32. The summed E-state index contributed by atoms with van der Waals surface area (Å²) < 4.78 is 133. The molecule has 0 atom stereocenters. The zero-order valence-electron chi connectivity index (χ0n) is 13.6. The van der Waals surface area contributed by atoms with E-state index in [4.69, 9.17) is 0 Å². The van der Waals surface area contributed by atoms with Crippen molar-refractivity contribution in [3.8, 4) is 11.1 Å². The van der Waals surface area contributed by atoms with Gasteiger partial charge in [0.15, 0.2) is 23.3 Å². The van der Waals surface area contributed by atoms with Crippen LogP contribution >= 0.6 is 0 Å². The van der Waals surface area contributed by atoms with E-state index in [0.717, 1.165) is 6.07 Å². The third-order valence-corrected chi connectivity index (χ3v) is 3.83. The van der Waals surface area contributed by atoms with Gasteiger partial charge in [-0.25, -0.2) is 17.6 Å². The molecule has 0 radical (unpaired) electrons. The van der Waals surface area contributed by atoms with Crippen LogP contribution in [0.25, 0.3) is 11.1 Å². The van der Waals surface area contributed by atoms with Crippen LogP contribution in [0.5, 0.6) is 0 Å². The summed E-state index contributed by atoms with van der Waals surface area (Å²) in [6.45, 7) is 3.04. The smallest absolute Gasteiger partial charge is 0.203 e. The topological polar surface area (TPSA) is 0 Å². The lowest BCUT2D eigenvalue weighted by molar-refractivity contribution is -0.143. The fraction of sp³-hybridized carbons (Fsp3) is 0.294. The Morgan fingerprint density at radius 1 is 0.704 bits per heavy atom. The Balaban J connectivity index is 2.92. The molecule has 2 aromatic carbocycles. The Hall–Kier alpha value is -2.26. The van der Waals surface area contributed by atoms with Gasteiger partial charge in [-0.15, -0.1) is 0 Å². The molecule has 0 nitrogen and oxygen atoms in total. The van der Waals surface area contributed by atoms with Crippen molar-refractivity contribution in [2.45, 2.75) is 32.1 Å². The Bertz CT molecular complexity index is 846. The molecule has 0 bridgehead atoms. The molecule has 0 amide bonds. The minimum absolute atomic E-state index is 0.0970. The van der Waals surface area contributed by atoms with E-state index in [2.05, 4.69) is 0 Å². The predicted octanol–water partition coefficient (Wildman–Crippen LogP) is 7.07. The lowest BCUT2D eigenvalue weighted by atomic mass is 9.92. The monoisotopic (exact) mass is 404 g/mol. The minimum atomic E-state index is -5.79. The van der Waals surface area contributed by atoms with E-state index in [0.29, 0.717) is 12.1 Å². The maximum atomic E-state index is 14.1. The van der Waals surface area contributed by atoms with Crippen molar-refractivity contribution in [1.29, 1.82) is 0 Å². The Morgan fingerprint density at radius 3 is 1.56 bits per heavy atom. The molecule has 0 aromatic heterocycles. The second kappa shape index (κ2) is 6.72. The predicted molar refractivity (Wildman–Crippen MR) is 75.8 cm³/mol. The molecule has 0 fully saturated rings. The summed E-state index contributed by atoms with van der Waals surface area (Å²) in [5.74, 6) is -11.2. The average Bonchev–Trinajstić information content (AvgIpc) is 2.51. The fourth-order valence-electron chi connectivity index (χ4n) is 2.49. The summed E-state index contributed by atoms with van der Waals surface area (Å²) in [4.78, 5) is 0. The number of rotatable bonds is 2. The van der Waals surface area contributed by atoms with Crippen molar-refractivity contribution in [3.05, 3.63) is 58.2 Å². The molecule has 0 saturated heterocycles. The number of halogens is 10. The Morgan fingerprint density at radius 2 is 1.19 bits per heavy atom. The van der Waals surface area contributed by atoms with Crippen LogP contribution in [0.3, 0.4) is 0 Å². The first-order valence-corrected chi connectivity index (χ1v) is 7.32. The third kappa shape index (κ3) is 3.74. The van der Waals surface area contributed by atoms with Gasteiger partial charge in [-0.2, -0.15) is 26.3 Å². The van der Waals surface area contributed by atoms with Crippen LogP contribution in [-0.2, 0) is 12.4 Å². The van der Waals surface area contributed by atoms with E-state index in [1.807, 2.05) is 0 Å². The van der Waals surface area contributed by atoms with E-state index in [9.17, 15) is 43.9 Å². The second-order valence-electron chi connectivity index (χ2n) is 5.96. The summed E-state index contributed by atoms with van der Waals surface area (Å²) in [6, 6.07) is 2.11. The van der Waals surface area contributed by atoms with Crippen molar-refractivity contribution < 1.29 is 43.9 Å². The van der Waals surface area contributed by atoms with E-state index < -0.39 is 63.8 Å². The Labute approximate surface area is 146 Å². The molecule has 0 saturated carbocycles. The minimum Gasteiger partial charge on any atom is -0.203 e. The summed E-state index contributed by atoms with van der Waals surface area (Å²) in [5.41, 5.74) is -7.56. The average molecular weight is 404 g/mol. The van der Waals surface area contributed by atoms with Gasteiger partial charge in [0.1, 0.15) is 5.56 Å². The zero-order chi connectivity index (χ0) is 20.9. The van der Waals surface area contributed by atoms with Crippen molar-refractivity contribution in [2.24, 2.45) is 0 Å². The van der Waals surface area contributed by atoms with Crippen molar-refractivity contribution in [3.63, 3.8) is 0 Å². The molecule has 0 spiro atoms. The third-order valence-electron chi connectivity index (χ3n) is 3.83. The van der Waals surface area contributed by atoms with Gasteiger partial charge in [-0.3, -0.25) is 0 Å². The maximum Gasteiger partial charge on any atom is 0.422 e. The van der Waals surface area contributed by atoms with Crippen LogP contribution in [0.4, 0.5) is 43.9 Å². The number of hydrogen-bond donors (Lipinski definition) is 0. The van der Waals surface area contributed by atoms with Gasteiger partial charge >= 0.3 is 12.4 Å². The molecule has 0 unspecified atom stereocenters. The van der Waals surface area contributed by atoms with Crippen LogP contribution in [0, 0.1) is 23.3 Å². The maximum absolute atomic E-state index is 14.1. The molecule has 0 aliphatic rings. The lowest BCUT2D eigenvalue weighted by Gasteiger charge is -2.19. The number of hydrogen-bond acceptors (Lipinski definition) is 0. The molecule has 0 aliphatic carbocycles. The number of alkyl halides is 6. The van der Waals surface area contributed by atoms with E-state index in [-0.39, 0.29) is 5.56 Å². The molecule has 148 valence electrons. The lowest BCUT2D eigenvalue weighted by Crippen LogP contribution is -2.17. The molecule has 2 aromatic rings. The standard InChI is InChI=1S/C17H10F10/c1-6(2)7-3-4-8(9(5-7)16(22,23)24)10-12(18)14(20)11(17(25,26)27)15(21)13(10)19/h3-6H,1-2H3. The summed E-state index contributed by atoms with van der Waals surface area (Å²) in [7, 11) is 0. The summed E-state index contributed by atoms with van der Waals surface area (Å²) >= 11 is 0. The highest BCUT2D eigenvalue weighted by Gasteiger charge is 2.44. The molecular weight excluding hydrogens is 394 g/mol. The fourth-order valence-corrected chi connectivity index (χ4v) is 2.49. The first-order chi connectivity index (χ1) is 12.2. The molecule has 0 N–H and O–H groups in total. The van der Waals surface area contributed by atoms with Gasteiger partial charge in [0, 0.05) is 0 Å². The number of benzene rings is 2. The highest BCUT2D eigenvalue weighted by molar-refractivity contribution is 5.71. The van der Waals surface area contributed by atoms with Gasteiger partial charge in [0.25, 0.3) is 0 Å². The van der Waals surface area contributed by atoms with Crippen molar-refractivity contribution >= 4 is 0 Å². The molecule has 10 heteroatoms. The van der Waals surface area contributed by atoms with Crippen LogP contribution in [0.15, 0.2) is 18.2 Å². The van der Waals surface area contributed by atoms with Crippen molar-refractivity contribution in [2.75, 3.05) is 0 Å². The molecular formula is C17H10F10. The van der Waals surface area contributed by atoms with Crippen LogP contribution in [-0.4, -0.2) is 0 Å². The molecule has 27 heavy (non-hydrogen) atoms. The highest BCUT2D eigenvalue weighted by Crippen LogP contribution is 2.44. The molecule has 0 heterocycles. The quantitative estimate of drug-likeness (QED) is 0.371.